The molecular weight excluding hydrogens is 626 g/mol. The zero-order valence-corrected chi connectivity index (χ0v) is 27.2. The van der Waals surface area contributed by atoms with E-state index >= 15 is 0 Å². The van der Waals surface area contributed by atoms with Gasteiger partial charge >= 0.3 is 15.4 Å². The van der Waals surface area contributed by atoms with Crippen LogP contribution in [0.3, 0.4) is 0 Å². The molecule has 0 radical (unpaired) electrons. The smallest absolute Gasteiger partial charge is 0.405 e. The van der Waals surface area contributed by atoms with Gasteiger partial charge in [-0.3, -0.25) is 4.55 Å². The molecule has 2 heterocycles. The summed E-state index contributed by atoms with van der Waals surface area (Å²) in [6, 6.07) is 22.7. The van der Waals surface area contributed by atoms with E-state index in [1.807, 2.05) is 62.4 Å². The van der Waals surface area contributed by atoms with Crippen molar-refractivity contribution < 1.29 is 45.4 Å². The van der Waals surface area contributed by atoms with Crippen molar-refractivity contribution in [2.45, 2.75) is 84.1 Å². The topological polar surface area (TPSA) is 101 Å². The lowest BCUT2D eigenvalue weighted by Gasteiger charge is -2.28. The van der Waals surface area contributed by atoms with E-state index in [1.165, 1.54) is 12.1 Å². The average molecular weight is 666 g/mol. The molecule has 2 aliphatic rings. The molecule has 2 aliphatic heterocycles. The minimum absolute atomic E-state index is 0.0370. The summed E-state index contributed by atoms with van der Waals surface area (Å²) in [6.07, 6.45) is 1.64. The van der Waals surface area contributed by atoms with Crippen molar-refractivity contribution in [1.29, 1.82) is 0 Å². The quantitative estimate of drug-likeness (QED) is 0.192. The van der Waals surface area contributed by atoms with E-state index in [-0.39, 0.29) is 5.75 Å². The molecule has 5 rings (SSSR count). The molecule has 12 heteroatoms. The number of halogens is 2. The van der Waals surface area contributed by atoms with Crippen molar-refractivity contribution in [3.63, 3.8) is 0 Å². The summed E-state index contributed by atoms with van der Waals surface area (Å²) in [5, 5.41) is -4.47. The van der Waals surface area contributed by atoms with E-state index in [0.29, 0.717) is 26.4 Å². The van der Waals surface area contributed by atoms with Gasteiger partial charge in [-0.05, 0) is 119 Å². The van der Waals surface area contributed by atoms with Gasteiger partial charge in [0.1, 0.15) is 5.75 Å². The van der Waals surface area contributed by atoms with Gasteiger partial charge < -0.3 is 23.7 Å². The summed E-state index contributed by atoms with van der Waals surface area (Å²) in [5.74, 6) is -1.65. The highest BCUT2D eigenvalue weighted by atomic mass is 32.2. The van der Waals surface area contributed by atoms with Crippen LogP contribution in [0.2, 0.25) is 0 Å². The second-order valence-electron chi connectivity index (χ2n) is 11.3. The summed E-state index contributed by atoms with van der Waals surface area (Å²) >= 11 is 0. The number of hydrogen-bond donors (Lipinski definition) is 1. The molecule has 0 aliphatic carbocycles. The standard InChI is InChI=1S/C33H38F2O8S2/c1-24(33(34,35)45(36,37)38)43-27-12-18-30(19-13-27)44(28-14-8-25(9-15-28)31(2)39-20-4-5-21-40-31)29-16-10-26(11-17-29)32(3)41-22-6-7-23-42-32/h8-19,24H,4-7,20-23H2,1-3H3/p+1. The molecule has 45 heavy (non-hydrogen) atoms. The molecule has 1 unspecified atom stereocenters. The Labute approximate surface area is 266 Å². The highest BCUT2D eigenvalue weighted by molar-refractivity contribution is 7.97. The third-order valence-electron chi connectivity index (χ3n) is 8.01. The van der Waals surface area contributed by atoms with Crippen molar-refractivity contribution in [3.05, 3.63) is 83.9 Å². The van der Waals surface area contributed by atoms with Gasteiger partial charge in [0.25, 0.3) is 0 Å². The first-order valence-corrected chi connectivity index (χ1v) is 17.6. The molecule has 0 bridgehead atoms. The van der Waals surface area contributed by atoms with Crippen LogP contribution in [0.1, 0.15) is 57.6 Å². The maximum Gasteiger partial charge on any atom is 0.405 e. The van der Waals surface area contributed by atoms with Gasteiger partial charge in [-0.1, -0.05) is 0 Å². The Kier molecular flexibility index (Phi) is 10.2. The first-order valence-electron chi connectivity index (χ1n) is 15.0. The van der Waals surface area contributed by atoms with Crippen LogP contribution in [0.15, 0.2) is 87.5 Å². The zero-order valence-electron chi connectivity index (χ0n) is 25.5. The molecule has 3 aromatic carbocycles. The minimum Gasteiger partial charge on any atom is -0.483 e. The van der Waals surface area contributed by atoms with Crippen molar-refractivity contribution in [2.75, 3.05) is 26.4 Å². The Hall–Kier alpha value is -2.58. The normalized spacial score (nSPS) is 19.8. The fraction of sp³-hybridized carbons (Fsp3) is 0.455. The summed E-state index contributed by atoms with van der Waals surface area (Å²) in [5.41, 5.74) is 1.81. The molecule has 2 fully saturated rings. The minimum atomic E-state index is -5.64. The molecule has 1 N–H and O–H groups in total. The van der Waals surface area contributed by atoms with Crippen LogP contribution in [-0.2, 0) is 51.5 Å². The van der Waals surface area contributed by atoms with Crippen LogP contribution in [0.4, 0.5) is 8.78 Å². The van der Waals surface area contributed by atoms with E-state index in [9.17, 15) is 17.2 Å². The molecule has 0 saturated carbocycles. The van der Waals surface area contributed by atoms with E-state index in [1.54, 1.807) is 12.1 Å². The fourth-order valence-electron chi connectivity index (χ4n) is 5.23. The first kappa shape index (κ1) is 33.8. The lowest BCUT2D eigenvalue weighted by atomic mass is 10.1. The second-order valence-corrected chi connectivity index (χ2v) is 14.8. The van der Waals surface area contributed by atoms with Crippen molar-refractivity contribution in [2.24, 2.45) is 0 Å². The van der Waals surface area contributed by atoms with E-state index in [0.717, 1.165) is 58.4 Å². The van der Waals surface area contributed by atoms with Crippen molar-refractivity contribution in [3.8, 4) is 5.75 Å². The molecule has 0 amide bonds. The highest BCUT2D eigenvalue weighted by Crippen LogP contribution is 2.38. The Balaban J connectivity index is 1.47. The molecule has 0 spiro atoms. The maximum absolute atomic E-state index is 14.1. The average Bonchev–Trinajstić information content (AvgIpc) is 3.39. The Bertz CT molecular complexity index is 1440. The second kappa shape index (κ2) is 13.6. The summed E-state index contributed by atoms with van der Waals surface area (Å²) in [4.78, 5) is 2.87. The van der Waals surface area contributed by atoms with E-state index in [2.05, 4.69) is 0 Å². The first-order chi connectivity index (χ1) is 21.3. The molecule has 2 saturated heterocycles. The van der Waals surface area contributed by atoms with Gasteiger partial charge in [0, 0.05) is 11.1 Å². The molecule has 0 aromatic heterocycles. The highest BCUT2D eigenvalue weighted by Gasteiger charge is 2.51. The van der Waals surface area contributed by atoms with Gasteiger partial charge in [0.05, 0.1) is 37.3 Å². The predicted octanol–water partition coefficient (Wildman–Crippen LogP) is 7.03. The third kappa shape index (κ3) is 7.54. The molecule has 3 aromatic rings. The Morgan fingerprint density at radius 3 is 1.38 bits per heavy atom. The number of rotatable bonds is 9. The van der Waals surface area contributed by atoms with Gasteiger partial charge in [-0.25, -0.2) is 0 Å². The van der Waals surface area contributed by atoms with Crippen LogP contribution in [0.25, 0.3) is 0 Å². The monoisotopic (exact) mass is 665 g/mol. The lowest BCUT2D eigenvalue weighted by Crippen LogP contribution is -2.42. The molecule has 244 valence electrons. The third-order valence-corrected chi connectivity index (χ3v) is 11.3. The van der Waals surface area contributed by atoms with Crippen LogP contribution in [0, 0.1) is 0 Å². The maximum atomic E-state index is 14.1. The van der Waals surface area contributed by atoms with Crippen LogP contribution in [-0.4, -0.2) is 50.8 Å². The number of hydrogen-bond acceptors (Lipinski definition) is 7. The molecule has 1 atom stereocenters. The Morgan fingerprint density at radius 1 is 0.711 bits per heavy atom. The fourth-order valence-corrected chi connectivity index (χ4v) is 7.73. The molecular formula is C33H39F2O8S2+. The largest absolute Gasteiger partial charge is 0.483 e. The van der Waals surface area contributed by atoms with Crippen LogP contribution < -0.4 is 4.74 Å². The van der Waals surface area contributed by atoms with E-state index < -0.39 is 43.9 Å². The SMILES string of the molecule is CC(Oc1ccc([S+](c2ccc(C3(C)OCCCCO3)cc2)c2ccc(C3(C)OCCCCO3)cc2)cc1)C(F)(F)S(=O)(=O)O. The number of benzene rings is 3. The summed E-state index contributed by atoms with van der Waals surface area (Å²) in [7, 11) is -6.27. The van der Waals surface area contributed by atoms with Crippen molar-refractivity contribution in [1.82, 2.24) is 0 Å². The number of alkyl halides is 2. The van der Waals surface area contributed by atoms with Gasteiger partial charge in [0.2, 0.25) is 0 Å². The number of ether oxygens (including phenoxy) is 5. The van der Waals surface area contributed by atoms with E-state index in [4.69, 9.17) is 28.2 Å². The zero-order chi connectivity index (χ0) is 32.3. The van der Waals surface area contributed by atoms with Crippen LogP contribution >= 0.6 is 0 Å². The Morgan fingerprint density at radius 2 is 1.04 bits per heavy atom. The van der Waals surface area contributed by atoms with Crippen LogP contribution in [0.5, 0.6) is 5.75 Å². The predicted molar refractivity (Wildman–Crippen MR) is 165 cm³/mol. The van der Waals surface area contributed by atoms with Gasteiger partial charge in [0.15, 0.2) is 32.4 Å². The molecule has 8 nitrogen and oxygen atoms in total. The lowest BCUT2D eigenvalue weighted by molar-refractivity contribution is -0.222. The van der Waals surface area contributed by atoms with Crippen molar-refractivity contribution >= 4 is 21.0 Å². The summed E-state index contributed by atoms with van der Waals surface area (Å²) in [6.45, 7) is 7.20. The van der Waals surface area contributed by atoms with Gasteiger partial charge in [-0.2, -0.15) is 17.2 Å². The summed E-state index contributed by atoms with van der Waals surface area (Å²) < 4.78 is 88.9. The van der Waals surface area contributed by atoms with Gasteiger partial charge in [-0.15, -0.1) is 0 Å².